The smallest absolute Gasteiger partial charge is 0.410 e. The Bertz CT molecular complexity index is 2490. The maximum Gasteiger partial charge on any atom is 0.410 e. The van der Waals surface area contributed by atoms with Gasteiger partial charge in [-0.05, 0) is 118 Å². The summed E-state index contributed by atoms with van der Waals surface area (Å²) in [4.78, 5) is 15.8. The van der Waals surface area contributed by atoms with Crippen molar-refractivity contribution in [1.29, 1.82) is 0 Å². The molecule has 15 heteroatoms. The van der Waals surface area contributed by atoms with Crippen molar-refractivity contribution >= 4 is 32.0 Å². The topological polar surface area (TPSA) is 138 Å². The first kappa shape index (κ1) is 42.4. The Balaban J connectivity index is 1.30. The molecule has 1 amide bonds. The Labute approximate surface area is 359 Å². The van der Waals surface area contributed by atoms with Gasteiger partial charge in [0.2, 0.25) is 15.8 Å². The molecule has 0 unspecified atom stereocenters. The van der Waals surface area contributed by atoms with E-state index in [2.05, 4.69) is 26.2 Å². The highest BCUT2D eigenvalue weighted by molar-refractivity contribution is 9.10. The van der Waals surface area contributed by atoms with Crippen LogP contribution in [0.3, 0.4) is 0 Å². The molecule has 0 atom stereocenters. The number of likely N-dealkylation sites (tertiary alicyclic amines) is 1. The highest BCUT2D eigenvalue weighted by Gasteiger charge is 2.36. The molecule has 0 N–H and O–H groups in total. The van der Waals surface area contributed by atoms with Gasteiger partial charge in [0.15, 0.2) is 0 Å². The predicted octanol–water partition coefficient (Wildman–Crippen LogP) is 8.57. The van der Waals surface area contributed by atoms with Crippen LogP contribution in [0.2, 0.25) is 0 Å². The summed E-state index contributed by atoms with van der Waals surface area (Å²) in [5, 5.41) is 13.6. The molecular weight excluding hydrogens is 849 g/mol. The molecule has 1 aliphatic rings. The second-order valence-electron chi connectivity index (χ2n) is 15.5. The van der Waals surface area contributed by atoms with E-state index >= 15 is 8.42 Å². The molecule has 0 aliphatic carbocycles. The summed E-state index contributed by atoms with van der Waals surface area (Å²) < 4.78 is 54.2. The number of carbonyl (C=O) groups excluding carboxylic acids is 1. The zero-order valence-corrected chi connectivity index (χ0v) is 36.7. The number of halogens is 1. The van der Waals surface area contributed by atoms with Crippen LogP contribution in [0.4, 0.5) is 4.79 Å². The zero-order valence-electron chi connectivity index (χ0n) is 34.3. The van der Waals surface area contributed by atoms with E-state index in [9.17, 15) is 4.79 Å². The summed E-state index contributed by atoms with van der Waals surface area (Å²) in [6, 6.07) is 33.7. The summed E-state index contributed by atoms with van der Waals surface area (Å²) in [7, 11) is 0.457. The molecule has 6 aromatic rings. The Hall–Kier alpha value is -5.77. The molecule has 312 valence electrons. The van der Waals surface area contributed by atoms with Gasteiger partial charge in [0, 0.05) is 36.6 Å². The van der Waals surface area contributed by atoms with Crippen molar-refractivity contribution in [3.05, 3.63) is 136 Å². The molecular formula is C45H47BrN6O7S. The van der Waals surface area contributed by atoms with Gasteiger partial charge in [0.05, 0.1) is 33.4 Å². The van der Waals surface area contributed by atoms with E-state index in [4.69, 9.17) is 24.0 Å². The van der Waals surface area contributed by atoms with E-state index in [0.717, 1.165) is 33.6 Å². The van der Waals surface area contributed by atoms with Crippen LogP contribution in [-0.4, -0.2) is 83.9 Å². The lowest BCUT2D eigenvalue weighted by molar-refractivity contribution is 0.00819. The van der Waals surface area contributed by atoms with Crippen molar-refractivity contribution in [1.82, 2.24) is 29.4 Å². The fourth-order valence-electron chi connectivity index (χ4n) is 6.90. The molecule has 0 bridgehead atoms. The number of hydrogen-bond acceptors (Lipinski definition) is 10. The Morgan fingerprint density at radius 3 is 1.77 bits per heavy atom. The van der Waals surface area contributed by atoms with Gasteiger partial charge in [-0.15, -0.1) is 10.2 Å². The molecule has 0 saturated carbocycles. The number of aromatic nitrogens is 4. The largest absolute Gasteiger partial charge is 0.497 e. The fourth-order valence-corrected chi connectivity index (χ4v) is 9.51. The van der Waals surface area contributed by atoms with Gasteiger partial charge in [0.25, 0.3) is 0 Å². The number of carbonyl (C=O) groups is 1. The predicted molar refractivity (Wildman–Crippen MR) is 231 cm³/mol. The van der Waals surface area contributed by atoms with Gasteiger partial charge in [-0.1, -0.05) is 66.7 Å². The number of benzene rings is 5. The average Bonchev–Trinajstić information content (AvgIpc) is 3.68. The van der Waals surface area contributed by atoms with Crippen LogP contribution >= 0.6 is 15.9 Å². The van der Waals surface area contributed by atoms with E-state index in [0.29, 0.717) is 46.7 Å². The van der Waals surface area contributed by atoms with E-state index < -0.39 is 15.6 Å². The maximum absolute atomic E-state index is 15.4. The normalized spacial score (nSPS) is 13.2. The first-order chi connectivity index (χ1) is 28.7. The second kappa shape index (κ2) is 17.8. The minimum absolute atomic E-state index is 0.00194. The molecule has 60 heavy (non-hydrogen) atoms. The Morgan fingerprint density at radius 2 is 1.27 bits per heavy atom. The molecule has 2 heterocycles. The molecule has 1 aliphatic heterocycles. The average molecular weight is 896 g/mol. The van der Waals surface area contributed by atoms with Crippen LogP contribution in [-0.2, 0) is 34.4 Å². The molecule has 5 aromatic carbocycles. The van der Waals surface area contributed by atoms with Gasteiger partial charge < -0.3 is 23.8 Å². The molecule has 0 spiro atoms. The van der Waals surface area contributed by atoms with Gasteiger partial charge in [-0.25, -0.2) is 13.2 Å². The summed E-state index contributed by atoms with van der Waals surface area (Å²) in [5.74, 6) is 2.32. The summed E-state index contributed by atoms with van der Waals surface area (Å²) in [5.41, 5.74) is 4.57. The van der Waals surface area contributed by atoms with Crippen molar-refractivity contribution in [2.45, 2.75) is 56.8 Å². The van der Waals surface area contributed by atoms with Gasteiger partial charge in [0.1, 0.15) is 27.7 Å². The van der Waals surface area contributed by atoms with E-state index in [1.165, 1.54) is 9.10 Å². The number of tetrazole rings is 1. The summed E-state index contributed by atoms with van der Waals surface area (Å²) in [6.45, 7) is 7.04. The summed E-state index contributed by atoms with van der Waals surface area (Å²) in [6.07, 6.45) is -0.329. The quantitative estimate of drug-likeness (QED) is 0.105. The highest BCUT2D eigenvalue weighted by atomic mass is 79.9. The number of ether oxygens (including phenoxy) is 4. The first-order valence-corrected chi connectivity index (χ1v) is 21.6. The van der Waals surface area contributed by atoms with Crippen LogP contribution in [0.1, 0.15) is 48.9 Å². The number of amides is 1. The van der Waals surface area contributed by atoms with Crippen molar-refractivity contribution in [2.75, 3.05) is 34.4 Å². The number of sulfonamides is 1. The van der Waals surface area contributed by atoms with Crippen molar-refractivity contribution in [3.8, 4) is 39.8 Å². The first-order valence-electron chi connectivity index (χ1n) is 19.3. The van der Waals surface area contributed by atoms with Gasteiger partial charge in [-0.3, -0.25) is 0 Å². The van der Waals surface area contributed by atoms with Crippen LogP contribution < -0.4 is 14.2 Å². The van der Waals surface area contributed by atoms with Gasteiger partial charge >= 0.3 is 6.09 Å². The number of hydrogen-bond donors (Lipinski definition) is 0. The monoisotopic (exact) mass is 894 g/mol. The number of rotatable bonds is 14. The van der Waals surface area contributed by atoms with Gasteiger partial charge in [-0.2, -0.15) is 9.10 Å². The van der Waals surface area contributed by atoms with E-state index in [-0.39, 0.29) is 35.8 Å². The minimum atomic E-state index is -4.33. The molecule has 1 saturated heterocycles. The third-order valence-electron chi connectivity index (χ3n) is 10.1. The molecule has 7 rings (SSSR count). The van der Waals surface area contributed by atoms with Crippen LogP contribution in [0, 0.1) is 0 Å². The van der Waals surface area contributed by atoms with Crippen molar-refractivity contribution in [3.63, 3.8) is 0 Å². The number of methoxy groups -OCH3 is 3. The summed E-state index contributed by atoms with van der Waals surface area (Å²) >= 11 is 3.65. The minimum Gasteiger partial charge on any atom is -0.497 e. The second-order valence-corrected chi connectivity index (χ2v) is 18.2. The lowest BCUT2D eigenvalue weighted by Crippen LogP contribution is -2.50. The molecule has 1 aromatic heterocycles. The SMILES string of the molecule is COc1ccc(CN(Cc2ccc(OC)cc2)S(=O)(=O)c2c(Br)ccc(-c3ccc(C4CN(C(=O)OC(C)(C)C)C4)cc3)c2-c2nnn(Cc3ccc(OC)cc3)n2)cc1. The van der Waals surface area contributed by atoms with Crippen LogP contribution in [0.25, 0.3) is 22.5 Å². The standard InChI is InChI=1S/C45H47BrN6O7S/c1-45(2,3)59-44(53)50-28-35(29-50)33-13-15-34(16-14-33)39-23-24-40(46)42(41(39)43-47-49-52(48-43)27-32-11-21-38(58-6)22-12-32)60(54,55)51(25-30-7-17-36(56-4)18-8-30)26-31-9-19-37(57-5)20-10-31/h7-24,35H,25-29H2,1-6H3. The van der Waals surface area contributed by atoms with Crippen LogP contribution in [0.15, 0.2) is 119 Å². The maximum atomic E-state index is 15.4. The Morgan fingerprint density at radius 1 is 0.750 bits per heavy atom. The number of nitrogens with zero attached hydrogens (tertiary/aromatic N) is 6. The van der Waals surface area contributed by atoms with E-state index in [1.54, 1.807) is 32.3 Å². The zero-order chi connectivity index (χ0) is 42.6. The third-order valence-corrected chi connectivity index (χ3v) is 12.9. The molecule has 1 fully saturated rings. The fraction of sp³-hybridized carbons (Fsp3) is 0.289. The lowest BCUT2D eigenvalue weighted by atomic mass is 9.90. The van der Waals surface area contributed by atoms with Crippen molar-refractivity contribution < 1.29 is 32.2 Å². The highest BCUT2D eigenvalue weighted by Crippen LogP contribution is 2.42. The molecule has 13 nitrogen and oxygen atoms in total. The Kier molecular flexibility index (Phi) is 12.6. The molecule has 0 radical (unpaired) electrons. The van der Waals surface area contributed by atoms with Crippen molar-refractivity contribution in [2.24, 2.45) is 0 Å². The lowest BCUT2D eigenvalue weighted by Gasteiger charge is -2.40. The van der Waals surface area contributed by atoms with E-state index in [1.807, 2.05) is 124 Å². The third kappa shape index (κ3) is 9.64. The van der Waals surface area contributed by atoms with Crippen LogP contribution in [0.5, 0.6) is 17.2 Å².